The molecule has 3 aromatic rings. The van der Waals surface area contributed by atoms with Crippen LogP contribution in [-0.4, -0.2) is 34.7 Å². The molecule has 1 N–H and O–H groups in total. The molecule has 0 aliphatic carbocycles. The first-order valence-corrected chi connectivity index (χ1v) is 11.1. The Morgan fingerprint density at radius 3 is 2.61 bits per heavy atom. The first-order valence-electron chi connectivity index (χ1n) is 11.1. The summed E-state index contributed by atoms with van der Waals surface area (Å²) in [4.78, 5) is 19.5. The normalized spacial score (nSPS) is 16.4. The van der Waals surface area contributed by atoms with E-state index in [0.717, 1.165) is 33.7 Å². The molecule has 0 spiro atoms. The molecule has 7 heteroatoms. The highest BCUT2D eigenvalue weighted by atomic mass is 16.5. The first kappa shape index (κ1) is 22.6. The van der Waals surface area contributed by atoms with Crippen LogP contribution in [0.15, 0.2) is 52.7 Å². The molecule has 1 atom stereocenters. The molecular formula is C26H30N4O3. The summed E-state index contributed by atoms with van der Waals surface area (Å²) in [5.41, 5.74) is 5.75. The van der Waals surface area contributed by atoms with Crippen LogP contribution in [0.3, 0.4) is 0 Å². The minimum atomic E-state index is -0.390. The van der Waals surface area contributed by atoms with Gasteiger partial charge in [0.1, 0.15) is 5.75 Å². The molecule has 7 nitrogen and oxygen atoms in total. The Bertz CT molecular complexity index is 1210. The number of benzene rings is 2. The second-order valence-corrected chi connectivity index (χ2v) is 8.88. The fourth-order valence-electron chi connectivity index (χ4n) is 4.05. The average molecular weight is 447 g/mol. The second kappa shape index (κ2) is 9.10. The quantitative estimate of drug-likeness (QED) is 0.540. The number of nitrogens with one attached hydrogen (secondary N) is 1. The molecule has 4 rings (SSSR count). The van der Waals surface area contributed by atoms with Gasteiger partial charge in [-0.2, -0.15) is 4.98 Å². The third-order valence-corrected chi connectivity index (χ3v) is 5.99. The maximum Gasteiger partial charge on any atom is 0.322 e. The number of ether oxygens (including phenoxy) is 1. The van der Waals surface area contributed by atoms with E-state index >= 15 is 0 Å². The van der Waals surface area contributed by atoms with Crippen LogP contribution in [0, 0.1) is 19.8 Å². The van der Waals surface area contributed by atoms with E-state index in [4.69, 9.17) is 14.2 Å². The van der Waals surface area contributed by atoms with Gasteiger partial charge in [-0.15, -0.1) is 0 Å². The summed E-state index contributed by atoms with van der Waals surface area (Å²) in [5.74, 6) is 1.88. The van der Waals surface area contributed by atoms with Gasteiger partial charge in [0, 0.05) is 17.8 Å². The largest absolute Gasteiger partial charge is 0.497 e. The van der Waals surface area contributed by atoms with Gasteiger partial charge < -0.3 is 14.6 Å². The van der Waals surface area contributed by atoms with E-state index < -0.39 is 0 Å². The zero-order chi connectivity index (χ0) is 23.7. The van der Waals surface area contributed by atoms with Crippen LogP contribution in [0.5, 0.6) is 5.75 Å². The smallest absolute Gasteiger partial charge is 0.322 e. The Labute approximate surface area is 194 Å². The van der Waals surface area contributed by atoms with Crippen LogP contribution >= 0.6 is 0 Å². The molecule has 0 radical (unpaired) electrons. The predicted molar refractivity (Wildman–Crippen MR) is 128 cm³/mol. The number of carbonyl (C=O) groups excluding carboxylic acids is 1. The number of methoxy groups -OCH3 is 1. The van der Waals surface area contributed by atoms with Gasteiger partial charge in [0.15, 0.2) is 0 Å². The van der Waals surface area contributed by atoms with E-state index in [0.29, 0.717) is 24.2 Å². The molecule has 0 bridgehead atoms. The monoisotopic (exact) mass is 446 g/mol. The summed E-state index contributed by atoms with van der Waals surface area (Å²) >= 11 is 0. The average Bonchev–Trinajstić information content (AvgIpc) is 3.28. The van der Waals surface area contributed by atoms with Crippen molar-refractivity contribution < 1.29 is 14.1 Å². The van der Waals surface area contributed by atoms with Gasteiger partial charge in [0.25, 0.3) is 5.89 Å². The zero-order valence-electron chi connectivity index (χ0n) is 20.0. The van der Waals surface area contributed by atoms with Crippen molar-refractivity contribution in [3.63, 3.8) is 0 Å². The van der Waals surface area contributed by atoms with Gasteiger partial charge in [-0.3, -0.25) is 4.90 Å². The van der Waals surface area contributed by atoms with Crippen molar-refractivity contribution in [3.8, 4) is 17.1 Å². The van der Waals surface area contributed by atoms with Crippen LogP contribution in [0.2, 0.25) is 0 Å². The van der Waals surface area contributed by atoms with Gasteiger partial charge in [0.2, 0.25) is 5.82 Å². The Kier molecular flexibility index (Phi) is 6.22. The van der Waals surface area contributed by atoms with Gasteiger partial charge in [-0.25, -0.2) is 4.79 Å². The Morgan fingerprint density at radius 2 is 1.91 bits per heavy atom. The fraction of sp³-hybridized carbons (Fsp3) is 0.346. The number of allylic oxidation sites excluding steroid dienone is 1. The molecular weight excluding hydrogens is 416 g/mol. The number of hydrogen-bond acceptors (Lipinski definition) is 5. The van der Waals surface area contributed by atoms with Crippen molar-refractivity contribution in [2.24, 2.45) is 5.92 Å². The lowest BCUT2D eigenvalue weighted by atomic mass is 9.92. The van der Waals surface area contributed by atoms with Gasteiger partial charge >= 0.3 is 6.03 Å². The fourth-order valence-corrected chi connectivity index (χ4v) is 4.05. The van der Waals surface area contributed by atoms with Crippen molar-refractivity contribution in [3.05, 3.63) is 70.7 Å². The molecule has 1 aromatic heterocycles. The lowest BCUT2D eigenvalue weighted by Gasteiger charge is -2.36. The molecule has 33 heavy (non-hydrogen) atoms. The summed E-state index contributed by atoms with van der Waals surface area (Å²) in [7, 11) is 1.62. The number of hydrogen-bond donors (Lipinski definition) is 1. The standard InChI is InChI=1S/C26H30N4O3/c1-15(2)14-30-18(5)22(23(27-26(30)31)19-11-10-16(3)17(4)12-19)25-28-24(29-33-25)20-8-7-9-21(13-20)32-6/h7-13,15,23H,14H2,1-6H3,(H,27,31). The highest BCUT2D eigenvalue weighted by Crippen LogP contribution is 2.38. The van der Waals surface area contributed by atoms with E-state index in [2.05, 4.69) is 50.3 Å². The lowest BCUT2D eigenvalue weighted by molar-refractivity contribution is 0.199. The highest BCUT2D eigenvalue weighted by molar-refractivity contribution is 5.87. The number of nitrogens with zero attached hydrogens (tertiary/aromatic N) is 3. The van der Waals surface area contributed by atoms with Crippen LogP contribution < -0.4 is 10.1 Å². The van der Waals surface area contributed by atoms with E-state index in [1.165, 1.54) is 5.56 Å². The SMILES string of the molecule is COc1cccc(-c2noc(C3=C(C)N(CC(C)C)C(=O)NC3c3ccc(C)c(C)c3)n2)c1. The third kappa shape index (κ3) is 4.49. The highest BCUT2D eigenvalue weighted by Gasteiger charge is 2.36. The minimum absolute atomic E-state index is 0.124. The predicted octanol–water partition coefficient (Wildman–Crippen LogP) is 5.52. The number of carbonyl (C=O) groups is 1. The molecule has 172 valence electrons. The molecule has 2 heterocycles. The van der Waals surface area contributed by atoms with E-state index in [-0.39, 0.29) is 12.1 Å². The van der Waals surface area contributed by atoms with Gasteiger partial charge in [0.05, 0.1) is 18.7 Å². The van der Waals surface area contributed by atoms with E-state index in [9.17, 15) is 4.79 Å². The number of rotatable bonds is 6. The summed E-state index contributed by atoms with van der Waals surface area (Å²) in [6.07, 6.45) is 0. The number of aromatic nitrogens is 2. The number of urea groups is 1. The Balaban J connectivity index is 1.82. The van der Waals surface area contributed by atoms with E-state index in [1.54, 1.807) is 12.0 Å². The molecule has 2 amide bonds. The van der Waals surface area contributed by atoms with E-state index in [1.807, 2.05) is 37.3 Å². The van der Waals surface area contributed by atoms with Crippen LogP contribution in [-0.2, 0) is 0 Å². The zero-order valence-corrected chi connectivity index (χ0v) is 20.0. The van der Waals surface area contributed by atoms with Crippen molar-refractivity contribution in [1.29, 1.82) is 0 Å². The second-order valence-electron chi connectivity index (χ2n) is 8.88. The molecule has 1 aliphatic heterocycles. The van der Waals surface area contributed by atoms with Crippen molar-refractivity contribution >= 4 is 11.6 Å². The number of amides is 2. The Hall–Kier alpha value is -3.61. The van der Waals surface area contributed by atoms with Gasteiger partial charge in [-0.1, -0.05) is 49.3 Å². The van der Waals surface area contributed by atoms with Crippen LogP contribution in [0.1, 0.15) is 49.4 Å². The van der Waals surface area contributed by atoms with Crippen LogP contribution in [0.4, 0.5) is 4.79 Å². The topological polar surface area (TPSA) is 80.5 Å². The van der Waals surface area contributed by atoms with Crippen LogP contribution in [0.25, 0.3) is 17.0 Å². The van der Waals surface area contributed by atoms with Crippen molar-refractivity contribution in [2.75, 3.05) is 13.7 Å². The van der Waals surface area contributed by atoms with Gasteiger partial charge in [-0.05, 0) is 55.5 Å². The molecule has 0 fully saturated rings. The molecule has 0 saturated heterocycles. The number of aryl methyl sites for hydroxylation is 2. The lowest BCUT2D eigenvalue weighted by Crippen LogP contribution is -2.47. The molecule has 1 unspecified atom stereocenters. The summed E-state index contributed by atoms with van der Waals surface area (Å²) < 4.78 is 11.1. The maximum atomic E-state index is 13.0. The molecule has 2 aromatic carbocycles. The van der Waals surface area contributed by atoms with Crippen molar-refractivity contribution in [1.82, 2.24) is 20.4 Å². The first-order chi connectivity index (χ1) is 15.8. The van der Waals surface area contributed by atoms with Crippen molar-refractivity contribution in [2.45, 2.75) is 40.7 Å². The molecule has 0 saturated carbocycles. The summed E-state index contributed by atoms with van der Waals surface area (Å²) in [6.45, 7) is 10.9. The summed E-state index contributed by atoms with van der Waals surface area (Å²) in [5, 5.41) is 7.39. The Morgan fingerprint density at radius 1 is 1.12 bits per heavy atom. The summed E-state index contributed by atoms with van der Waals surface area (Å²) in [6, 6.07) is 13.2. The third-order valence-electron chi connectivity index (χ3n) is 5.99. The minimum Gasteiger partial charge on any atom is -0.497 e. The maximum absolute atomic E-state index is 13.0. The molecule has 1 aliphatic rings.